The van der Waals surface area contributed by atoms with Gasteiger partial charge in [-0.25, -0.2) is 18.7 Å². The van der Waals surface area contributed by atoms with E-state index in [9.17, 15) is 14.3 Å². The zero-order chi connectivity index (χ0) is 19.7. The standard InChI is InChI=1S/C21H20ClFN2O2/c1-12-6-4-7-16(13(12)2)14(3)20-24-15(11-25(20)21(26)27)10-17-18(22)8-5-9-19(17)23/h4-9,11,14H,10H2,1-3H3,(H,26,27)/t14-/m0/s1. The number of halogens is 2. The summed E-state index contributed by atoms with van der Waals surface area (Å²) in [5, 5.41) is 9.89. The van der Waals surface area contributed by atoms with Gasteiger partial charge >= 0.3 is 6.09 Å². The third-order valence-electron chi connectivity index (χ3n) is 4.91. The molecule has 0 amide bonds. The molecule has 0 aliphatic carbocycles. The van der Waals surface area contributed by atoms with Gasteiger partial charge < -0.3 is 5.11 Å². The van der Waals surface area contributed by atoms with Crippen LogP contribution in [0.15, 0.2) is 42.6 Å². The largest absolute Gasteiger partial charge is 0.464 e. The van der Waals surface area contributed by atoms with E-state index in [2.05, 4.69) is 4.98 Å². The Morgan fingerprint density at radius 1 is 1.26 bits per heavy atom. The first-order valence-corrected chi connectivity index (χ1v) is 8.97. The lowest BCUT2D eigenvalue weighted by Gasteiger charge is -2.16. The fourth-order valence-electron chi connectivity index (χ4n) is 3.25. The van der Waals surface area contributed by atoms with Gasteiger partial charge in [-0.1, -0.05) is 42.8 Å². The van der Waals surface area contributed by atoms with Gasteiger partial charge in [-0.2, -0.15) is 0 Å². The lowest BCUT2D eigenvalue weighted by Crippen LogP contribution is -2.14. The summed E-state index contributed by atoms with van der Waals surface area (Å²) in [5.74, 6) is -0.263. The molecule has 0 spiro atoms. The molecule has 1 heterocycles. The van der Waals surface area contributed by atoms with Crippen molar-refractivity contribution in [1.29, 1.82) is 0 Å². The molecule has 0 radical (unpaired) electrons. The second-order valence-corrected chi connectivity index (χ2v) is 7.04. The molecule has 0 aliphatic rings. The van der Waals surface area contributed by atoms with Crippen LogP contribution in [0.25, 0.3) is 0 Å². The van der Waals surface area contributed by atoms with E-state index in [4.69, 9.17) is 11.6 Å². The van der Waals surface area contributed by atoms with E-state index in [1.807, 2.05) is 39.0 Å². The van der Waals surface area contributed by atoms with Gasteiger partial charge in [0.15, 0.2) is 0 Å². The Labute approximate surface area is 162 Å². The summed E-state index contributed by atoms with van der Waals surface area (Å²) in [5.41, 5.74) is 4.00. The number of carbonyl (C=O) groups is 1. The number of hydrogen-bond donors (Lipinski definition) is 1. The second-order valence-electron chi connectivity index (χ2n) is 6.63. The van der Waals surface area contributed by atoms with Crippen molar-refractivity contribution in [3.05, 3.63) is 87.2 Å². The molecule has 6 heteroatoms. The van der Waals surface area contributed by atoms with Crippen molar-refractivity contribution in [2.45, 2.75) is 33.1 Å². The summed E-state index contributed by atoms with van der Waals surface area (Å²) in [6, 6.07) is 10.4. The summed E-state index contributed by atoms with van der Waals surface area (Å²) < 4.78 is 15.2. The summed E-state index contributed by atoms with van der Waals surface area (Å²) in [6.45, 7) is 5.94. The maximum Gasteiger partial charge on any atom is 0.417 e. The average molecular weight is 387 g/mol. The molecule has 3 rings (SSSR count). The molecule has 140 valence electrons. The highest BCUT2D eigenvalue weighted by Gasteiger charge is 2.22. The van der Waals surface area contributed by atoms with Crippen molar-refractivity contribution < 1.29 is 14.3 Å². The van der Waals surface area contributed by atoms with Gasteiger partial charge in [-0.3, -0.25) is 0 Å². The number of aromatic nitrogens is 2. The van der Waals surface area contributed by atoms with Crippen molar-refractivity contribution in [3.63, 3.8) is 0 Å². The molecule has 0 aliphatic heterocycles. The molecule has 3 aromatic rings. The van der Waals surface area contributed by atoms with Gasteiger partial charge in [0, 0.05) is 29.1 Å². The van der Waals surface area contributed by atoms with Gasteiger partial charge in [-0.15, -0.1) is 0 Å². The Morgan fingerprint density at radius 3 is 2.63 bits per heavy atom. The fourth-order valence-corrected chi connectivity index (χ4v) is 3.48. The molecule has 0 bridgehead atoms. The first kappa shape index (κ1) is 19.1. The zero-order valence-corrected chi connectivity index (χ0v) is 16.1. The predicted molar refractivity (Wildman–Crippen MR) is 103 cm³/mol. The highest BCUT2D eigenvalue weighted by atomic mass is 35.5. The van der Waals surface area contributed by atoms with Crippen molar-refractivity contribution >= 4 is 17.7 Å². The Morgan fingerprint density at radius 2 is 1.96 bits per heavy atom. The van der Waals surface area contributed by atoms with Crippen LogP contribution in [0.4, 0.5) is 9.18 Å². The lowest BCUT2D eigenvalue weighted by molar-refractivity contribution is 0.195. The van der Waals surface area contributed by atoms with Crippen LogP contribution in [0, 0.1) is 19.7 Å². The SMILES string of the molecule is Cc1cccc([C@H](C)c2nc(Cc3c(F)cccc3Cl)cn2C(=O)O)c1C. The molecule has 2 aromatic carbocycles. The number of aryl methyl sites for hydroxylation is 1. The van der Waals surface area contributed by atoms with Crippen LogP contribution < -0.4 is 0 Å². The van der Waals surface area contributed by atoms with Crippen molar-refractivity contribution in [2.75, 3.05) is 0 Å². The number of hydrogen-bond acceptors (Lipinski definition) is 2. The molecule has 0 saturated carbocycles. The maximum absolute atomic E-state index is 14.1. The summed E-state index contributed by atoms with van der Waals surface area (Å²) in [4.78, 5) is 16.2. The molecule has 0 saturated heterocycles. The summed E-state index contributed by atoms with van der Waals surface area (Å²) in [7, 11) is 0. The highest BCUT2D eigenvalue weighted by molar-refractivity contribution is 6.31. The molecule has 1 aromatic heterocycles. The molecule has 27 heavy (non-hydrogen) atoms. The monoisotopic (exact) mass is 386 g/mol. The Hall–Kier alpha value is -2.66. The maximum atomic E-state index is 14.1. The molecule has 4 nitrogen and oxygen atoms in total. The van der Waals surface area contributed by atoms with Crippen LogP contribution in [0.3, 0.4) is 0 Å². The van der Waals surface area contributed by atoms with E-state index in [0.29, 0.717) is 22.1 Å². The fraction of sp³-hybridized carbons (Fsp3) is 0.238. The van der Waals surface area contributed by atoms with Crippen LogP contribution in [-0.2, 0) is 6.42 Å². The smallest absolute Gasteiger partial charge is 0.417 e. The number of nitrogens with zero attached hydrogens (tertiary/aromatic N) is 2. The van der Waals surface area contributed by atoms with Gasteiger partial charge in [0.25, 0.3) is 0 Å². The van der Waals surface area contributed by atoms with Gasteiger partial charge in [0.05, 0.1) is 5.69 Å². The first-order chi connectivity index (χ1) is 12.8. The normalized spacial score (nSPS) is 12.2. The van der Waals surface area contributed by atoms with Crippen LogP contribution >= 0.6 is 11.6 Å². The topological polar surface area (TPSA) is 55.1 Å². The molecular formula is C21H20ClFN2O2. The third kappa shape index (κ3) is 3.74. The molecule has 1 atom stereocenters. The Balaban J connectivity index is 2.04. The van der Waals surface area contributed by atoms with Gasteiger partial charge in [-0.05, 0) is 42.7 Å². The van der Waals surface area contributed by atoms with Crippen molar-refractivity contribution in [1.82, 2.24) is 9.55 Å². The average Bonchev–Trinajstić information content (AvgIpc) is 3.04. The Bertz CT molecular complexity index is 993. The van der Waals surface area contributed by atoms with E-state index >= 15 is 0 Å². The molecular weight excluding hydrogens is 367 g/mol. The van der Waals surface area contributed by atoms with Crippen molar-refractivity contribution in [2.24, 2.45) is 0 Å². The number of rotatable bonds is 4. The van der Waals surface area contributed by atoms with Gasteiger partial charge in [0.1, 0.15) is 11.6 Å². The van der Waals surface area contributed by atoms with Gasteiger partial charge in [0.2, 0.25) is 0 Å². The molecule has 0 unspecified atom stereocenters. The number of carboxylic acid groups (broad SMARTS) is 1. The zero-order valence-electron chi connectivity index (χ0n) is 15.3. The Kier molecular flexibility index (Phi) is 5.33. The summed E-state index contributed by atoms with van der Waals surface area (Å²) >= 11 is 6.09. The van der Waals surface area contributed by atoms with E-state index < -0.39 is 11.9 Å². The quantitative estimate of drug-likeness (QED) is 0.638. The number of benzene rings is 2. The summed E-state index contributed by atoms with van der Waals surface area (Å²) in [6.07, 6.45) is 0.431. The lowest BCUT2D eigenvalue weighted by atomic mass is 9.93. The predicted octanol–water partition coefficient (Wildman–Crippen LogP) is 5.56. The van der Waals surface area contributed by atoms with Crippen LogP contribution in [0.1, 0.15) is 46.6 Å². The van der Waals surface area contributed by atoms with E-state index in [-0.39, 0.29) is 12.3 Å². The third-order valence-corrected chi connectivity index (χ3v) is 5.26. The van der Waals surface area contributed by atoms with E-state index in [1.165, 1.54) is 18.3 Å². The van der Waals surface area contributed by atoms with Crippen LogP contribution in [0.5, 0.6) is 0 Å². The first-order valence-electron chi connectivity index (χ1n) is 8.60. The molecule has 0 fully saturated rings. The van der Waals surface area contributed by atoms with Crippen molar-refractivity contribution in [3.8, 4) is 0 Å². The van der Waals surface area contributed by atoms with Crippen LogP contribution in [-0.4, -0.2) is 20.8 Å². The minimum Gasteiger partial charge on any atom is -0.464 e. The minimum atomic E-state index is -1.12. The van der Waals surface area contributed by atoms with Crippen LogP contribution in [0.2, 0.25) is 5.02 Å². The second kappa shape index (κ2) is 7.53. The number of imidazole rings is 1. The molecule has 1 N–H and O–H groups in total. The minimum absolute atomic E-state index is 0.123. The van der Waals surface area contributed by atoms with E-state index in [1.54, 1.807) is 6.07 Å². The van der Waals surface area contributed by atoms with E-state index in [0.717, 1.165) is 21.3 Å². The highest BCUT2D eigenvalue weighted by Crippen LogP contribution is 2.29.